The zero-order valence-electron chi connectivity index (χ0n) is 10.9. The van der Waals surface area contributed by atoms with E-state index in [1.54, 1.807) is 0 Å². The summed E-state index contributed by atoms with van der Waals surface area (Å²) in [6.07, 6.45) is 1.39. The summed E-state index contributed by atoms with van der Waals surface area (Å²) in [6.45, 7) is 12.2. The van der Waals surface area contributed by atoms with Crippen molar-refractivity contribution in [2.75, 3.05) is 13.1 Å². The molecule has 98 valence electrons. The summed E-state index contributed by atoms with van der Waals surface area (Å²) in [5, 5.41) is 10.0. The predicted molar refractivity (Wildman–Crippen MR) is 64.4 cm³/mol. The molecular weight excluding hydrogens is 210 g/mol. The van der Waals surface area contributed by atoms with Gasteiger partial charge in [0.15, 0.2) is 0 Å². The third-order valence-corrected chi connectivity index (χ3v) is 1.11. The molecule has 1 aliphatic rings. The molecule has 1 heterocycles. The Bertz CT molecular complexity index is 135. The van der Waals surface area contributed by atoms with Crippen molar-refractivity contribution < 1.29 is 19.4 Å². The van der Waals surface area contributed by atoms with Crippen LogP contribution in [0.5, 0.6) is 0 Å². The lowest BCUT2D eigenvalue weighted by molar-refractivity contribution is -0.138. The number of carboxylic acid groups (broad SMARTS) is 1. The summed E-state index contributed by atoms with van der Waals surface area (Å²) < 4.78 is 4.55. The van der Waals surface area contributed by atoms with Gasteiger partial charge in [0, 0.05) is 0 Å². The quantitative estimate of drug-likeness (QED) is 0.676. The number of nitrogens with one attached hydrogen (secondary N) is 1. The van der Waals surface area contributed by atoms with Crippen LogP contribution < -0.4 is 5.32 Å². The molecule has 5 heteroatoms. The third-order valence-electron chi connectivity index (χ3n) is 1.11. The first-order chi connectivity index (χ1) is 7.47. The Kier molecular flexibility index (Phi) is 20.8. The highest BCUT2D eigenvalue weighted by atomic mass is 16.5. The van der Waals surface area contributed by atoms with E-state index in [9.17, 15) is 4.79 Å². The van der Waals surface area contributed by atoms with Gasteiger partial charge in [0.2, 0.25) is 0 Å². The number of hydrogen-bond acceptors (Lipinski definition) is 4. The molecule has 5 nitrogen and oxygen atoms in total. The maximum absolute atomic E-state index is 9.60. The van der Waals surface area contributed by atoms with E-state index in [2.05, 4.69) is 10.1 Å². The number of ether oxygens (including phenoxy) is 1. The summed E-state index contributed by atoms with van der Waals surface area (Å²) in [6, 6.07) is 0. The highest BCUT2D eigenvalue weighted by Gasteiger charge is 2.07. The van der Waals surface area contributed by atoms with Gasteiger partial charge in [-0.15, -0.1) is 0 Å². The summed E-state index contributed by atoms with van der Waals surface area (Å²) in [5.74, 6) is 0. The van der Waals surface area contributed by atoms with Crippen molar-refractivity contribution in [1.29, 1.82) is 0 Å². The second kappa shape index (κ2) is 16.3. The first kappa shape index (κ1) is 20.3. The van der Waals surface area contributed by atoms with Crippen LogP contribution in [0.2, 0.25) is 0 Å². The number of carbonyl (C=O) groups excluding carboxylic acids is 1. The smallest absolute Gasteiger partial charge is 0.293 e. The van der Waals surface area contributed by atoms with E-state index in [1.165, 1.54) is 19.5 Å². The first-order valence-corrected chi connectivity index (χ1v) is 5.38. The summed E-state index contributed by atoms with van der Waals surface area (Å²) in [4.78, 5) is 18.0. The average Bonchev–Trinajstić information content (AvgIpc) is 2.03. The molecule has 1 rings (SSSR count). The summed E-state index contributed by atoms with van der Waals surface area (Å²) in [7, 11) is 0. The largest absolute Gasteiger partial charge is 0.483 e. The fraction of sp³-hybridized carbons (Fsp3) is 0.818. The zero-order valence-corrected chi connectivity index (χ0v) is 10.9. The molecule has 0 aromatic carbocycles. The Morgan fingerprint density at radius 3 is 1.44 bits per heavy atom. The second-order valence-electron chi connectivity index (χ2n) is 3.54. The van der Waals surface area contributed by atoms with Gasteiger partial charge < -0.3 is 15.2 Å². The highest BCUT2D eigenvalue weighted by Crippen LogP contribution is 2.02. The SMILES string of the molecule is C1CNC1.CC.CC(C)(C)OC=O.O=CO. The summed E-state index contributed by atoms with van der Waals surface area (Å²) in [5.41, 5.74) is -0.318. The first-order valence-electron chi connectivity index (χ1n) is 5.38. The molecule has 0 saturated carbocycles. The monoisotopic (exact) mass is 235 g/mol. The van der Waals surface area contributed by atoms with E-state index in [4.69, 9.17) is 9.90 Å². The van der Waals surface area contributed by atoms with Crippen LogP contribution >= 0.6 is 0 Å². The summed E-state index contributed by atoms with van der Waals surface area (Å²) >= 11 is 0. The normalized spacial score (nSPS) is 11.8. The van der Waals surface area contributed by atoms with Crippen LogP contribution in [0.4, 0.5) is 0 Å². The molecule has 0 spiro atoms. The Balaban J connectivity index is -0.000000159. The van der Waals surface area contributed by atoms with Crippen molar-refractivity contribution in [2.45, 2.75) is 46.6 Å². The van der Waals surface area contributed by atoms with Crippen LogP contribution in [-0.2, 0) is 14.3 Å². The Morgan fingerprint density at radius 1 is 1.19 bits per heavy atom. The molecule has 1 saturated heterocycles. The van der Waals surface area contributed by atoms with Crippen LogP contribution in [0.25, 0.3) is 0 Å². The van der Waals surface area contributed by atoms with Gasteiger partial charge in [-0.05, 0) is 40.3 Å². The molecule has 1 aliphatic heterocycles. The minimum absolute atomic E-state index is 0.250. The predicted octanol–water partition coefficient (Wildman–Crippen LogP) is 1.66. The van der Waals surface area contributed by atoms with Gasteiger partial charge in [-0.3, -0.25) is 9.59 Å². The molecular formula is C11H25NO4. The van der Waals surface area contributed by atoms with Crippen molar-refractivity contribution in [3.63, 3.8) is 0 Å². The fourth-order valence-electron chi connectivity index (χ4n) is 0.321. The Labute approximate surface area is 98.2 Å². The van der Waals surface area contributed by atoms with Gasteiger partial charge in [-0.25, -0.2) is 0 Å². The second-order valence-corrected chi connectivity index (χ2v) is 3.54. The van der Waals surface area contributed by atoms with E-state index in [1.807, 2.05) is 34.6 Å². The molecule has 0 unspecified atom stereocenters. The van der Waals surface area contributed by atoms with Crippen molar-refractivity contribution in [3.8, 4) is 0 Å². The Morgan fingerprint density at radius 2 is 1.44 bits per heavy atom. The molecule has 0 atom stereocenters. The number of carbonyl (C=O) groups is 2. The standard InChI is InChI=1S/C5H10O2.C3H7N.C2H6.CH2O2/c1-5(2,3)7-4-6;1-2-4-3-1;1-2;2-1-3/h4H,1-3H3;4H,1-3H2;1-2H3;1H,(H,2,3). The minimum Gasteiger partial charge on any atom is -0.483 e. The lowest BCUT2D eigenvalue weighted by Gasteiger charge is -2.14. The van der Waals surface area contributed by atoms with Crippen molar-refractivity contribution in [3.05, 3.63) is 0 Å². The third kappa shape index (κ3) is 38.4. The van der Waals surface area contributed by atoms with Gasteiger partial charge in [0.05, 0.1) is 0 Å². The average molecular weight is 235 g/mol. The maximum Gasteiger partial charge on any atom is 0.293 e. The van der Waals surface area contributed by atoms with Crippen LogP contribution in [0, 0.1) is 0 Å². The van der Waals surface area contributed by atoms with Gasteiger partial charge in [0.1, 0.15) is 5.60 Å². The van der Waals surface area contributed by atoms with Gasteiger partial charge in [-0.2, -0.15) is 0 Å². The minimum atomic E-state index is -0.318. The maximum atomic E-state index is 9.60. The molecule has 16 heavy (non-hydrogen) atoms. The molecule has 2 N–H and O–H groups in total. The molecule has 0 aromatic heterocycles. The van der Waals surface area contributed by atoms with E-state index in [0.29, 0.717) is 6.47 Å². The van der Waals surface area contributed by atoms with Crippen LogP contribution in [0.3, 0.4) is 0 Å². The van der Waals surface area contributed by atoms with E-state index >= 15 is 0 Å². The zero-order chi connectivity index (χ0) is 13.4. The molecule has 0 radical (unpaired) electrons. The topological polar surface area (TPSA) is 75.6 Å². The highest BCUT2D eigenvalue weighted by molar-refractivity contribution is 5.37. The van der Waals surface area contributed by atoms with Crippen LogP contribution in [-0.4, -0.2) is 36.7 Å². The molecule has 0 aliphatic carbocycles. The fourth-order valence-corrected chi connectivity index (χ4v) is 0.321. The van der Waals surface area contributed by atoms with Crippen LogP contribution in [0.15, 0.2) is 0 Å². The van der Waals surface area contributed by atoms with Gasteiger partial charge in [0.25, 0.3) is 12.9 Å². The van der Waals surface area contributed by atoms with E-state index in [-0.39, 0.29) is 12.1 Å². The number of hydrogen-bond donors (Lipinski definition) is 2. The lowest BCUT2D eigenvalue weighted by Crippen LogP contribution is -2.29. The van der Waals surface area contributed by atoms with Crippen LogP contribution in [0.1, 0.15) is 41.0 Å². The molecule has 0 amide bonds. The van der Waals surface area contributed by atoms with Crippen molar-refractivity contribution >= 4 is 12.9 Å². The number of rotatable bonds is 1. The van der Waals surface area contributed by atoms with Crippen molar-refractivity contribution in [1.82, 2.24) is 5.32 Å². The molecule has 1 fully saturated rings. The molecule has 0 aromatic rings. The lowest BCUT2D eigenvalue weighted by atomic mass is 10.2. The van der Waals surface area contributed by atoms with Gasteiger partial charge >= 0.3 is 0 Å². The van der Waals surface area contributed by atoms with Gasteiger partial charge in [-0.1, -0.05) is 13.8 Å². The van der Waals surface area contributed by atoms with Crippen molar-refractivity contribution in [2.24, 2.45) is 0 Å². The molecule has 0 bridgehead atoms. The van der Waals surface area contributed by atoms with E-state index < -0.39 is 0 Å². The Hall–Kier alpha value is -1.10. The van der Waals surface area contributed by atoms with E-state index in [0.717, 1.165) is 0 Å².